The number of ether oxygens (including phenoxy) is 4. The van der Waals surface area contributed by atoms with E-state index in [-0.39, 0.29) is 38.6 Å². The summed E-state index contributed by atoms with van der Waals surface area (Å²) < 4.78 is 22.8. The Morgan fingerprint density at radius 3 is 1.21 bits per heavy atom. The third-order valence-corrected chi connectivity index (χ3v) is 11.3. The number of carboxylic acid groups (broad SMARTS) is 1. The van der Waals surface area contributed by atoms with Crippen LogP contribution in [0.5, 0.6) is 0 Å². The van der Waals surface area contributed by atoms with Crippen LogP contribution in [0.4, 0.5) is 0 Å². The molecule has 9 nitrogen and oxygen atoms in total. The molecule has 9 heteroatoms. The number of rotatable bonds is 49. The second-order valence-electron chi connectivity index (χ2n) is 19.2. The van der Waals surface area contributed by atoms with Gasteiger partial charge in [0.05, 0.1) is 34.4 Å². The number of nitrogens with zero attached hydrogens (tertiary/aromatic N) is 1. The summed E-state index contributed by atoms with van der Waals surface area (Å²) in [6, 6.07) is 0. The van der Waals surface area contributed by atoms with E-state index < -0.39 is 24.3 Å². The molecule has 0 aliphatic rings. The topological polar surface area (TPSA) is 108 Å². The molecule has 0 aromatic carbocycles. The van der Waals surface area contributed by atoms with Gasteiger partial charge < -0.3 is 28.5 Å². The van der Waals surface area contributed by atoms with Crippen molar-refractivity contribution < 1.29 is 42.9 Å². The Kier molecular flexibility index (Phi) is 48.3. The average molecular weight is 977 g/mol. The van der Waals surface area contributed by atoms with Gasteiger partial charge in [-0.2, -0.15) is 0 Å². The molecule has 1 N–H and O–H groups in total. The second-order valence-corrected chi connectivity index (χ2v) is 19.2. The highest BCUT2D eigenvalue weighted by Crippen LogP contribution is 2.13. The summed E-state index contributed by atoms with van der Waals surface area (Å²) in [6.45, 7) is 4.70. The van der Waals surface area contributed by atoms with Crippen LogP contribution < -0.4 is 0 Å². The van der Waals surface area contributed by atoms with E-state index in [1.807, 2.05) is 21.1 Å². The van der Waals surface area contributed by atoms with E-state index in [0.717, 1.165) is 116 Å². The fourth-order valence-corrected chi connectivity index (χ4v) is 7.02. The number of allylic oxidation sites excluding steroid dienone is 18. The predicted molar refractivity (Wildman–Crippen MR) is 295 cm³/mol. The van der Waals surface area contributed by atoms with Crippen LogP contribution in [-0.4, -0.2) is 87.4 Å². The number of quaternary nitrogens is 1. The monoisotopic (exact) mass is 977 g/mol. The van der Waals surface area contributed by atoms with Gasteiger partial charge in [0.25, 0.3) is 6.29 Å². The highest BCUT2D eigenvalue weighted by atomic mass is 16.7. The smallest absolute Gasteiger partial charge is 0.361 e. The maximum atomic E-state index is 12.9. The van der Waals surface area contributed by atoms with Gasteiger partial charge in [-0.15, -0.1) is 0 Å². The lowest BCUT2D eigenvalue weighted by Gasteiger charge is -2.25. The predicted octanol–water partition coefficient (Wildman–Crippen LogP) is 15.9. The standard InChI is InChI=1S/C61H101NO8/c1-6-8-10-12-14-16-18-20-22-24-25-26-27-28-29-30-31-32-33-34-35-36-38-40-42-44-46-48-50-52-59(64)70-57(56-69-61(60(65)66)67-54-53-62(3,4)5)55-68-58(63)51-49-47-45-43-41-39-37-23-21-19-17-15-13-11-9-7-2/h8,10,14,16-17,19-20,22-23,25-26,28-29,31-32,34-35,37,57,61H,6-7,9,11-13,15,18,21,24,27,30,33,36,38-56H2,1-5H3/p+1/b10-8-,16-14-,19-17-,22-20-,26-25-,29-28-,32-31-,35-34-,37-23-. The Bertz CT molecular complexity index is 1510. The molecule has 0 aliphatic carbocycles. The van der Waals surface area contributed by atoms with Gasteiger partial charge in [0.15, 0.2) is 6.10 Å². The van der Waals surface area contributed by atoms with Gasteiger partial charge in [-0.1, -0.05) is 194 Å². The van der Waals surface area contributed by atoms with Gasteiger partial charge in [0.1, 0.15) is 13.2 Å². The molecule has 0 aliphatic heterocycles. The number of carbonyl (C=O) groups excluding carboxylic acids is 2. The lowest BCUT2D eigenvalue weighted by atomic mass is 10.1. The van der Waals surface area contributed by atoms with Crippen molar-refractivity contribution in [3.05, 3.63) is 109 Å². The summed E-state index contributed by atoms with van der Waals surface area (Å²) in [5.41, 5.74) is 0. The van der Waals surface area contributed by atoms with E-state index >= 15 is 0 Å². The number of aliphatic carboxylic acids is 1. The van der Waals surface area contributed by atoms with Crippen molar-refractivity contribution in [2.75, 3.05) is 47.5 Å². The van der Waals surface area contributed by atoms with Gasteiger partial charge in [0.2, 0.25) is 0 Å². The Morgan fingerprint density at radius 2 is 0.814 bits per heavy atom. The molecule has 0 saturated heterocycles. The molecular formula is C61H102NO8+. The quantitative estimate of drug-likeness (QED) is 0.0211. The minimum absolute atomic E-state index is 0.177. The van der Waals surface area contributed by atoms with E-state index in [9.17, 15) is 19.5 Å². The first-order valence-corrected chi connectivity index (χ1v) is 27.6. The maximum Gasteiger partial charge on any atom is 0.361 e. The van der Waals surface area contributed by atoms with Crippen LogP contribution in [0, 0.1) is 0 Å². The van der Waals surface area contributed by atoms with Crippen molar-refractivity contribution in [1.82, 2.24) is 0 Å². The van der Waals surface area contributed by atoms with E-state index in [1.165, 1.54) is 51.4 Å². The van der Waals surface area contributed by atoms with Gasteiger partial charge in [-0.05, 0) is 103 Å². The Labute approximate surface area is 428 Å². The largest absolute Gasteiger partial charge is 0.477 e. The van der Waals surface area contributed by atoms with Crippen molar-refractivity contribution in [3.63, 3.8) is 0 Å². The minimum atomic E-state index is -1.52. The van der Waals surface area contributed by atoms with E-state index in [4.69, 9.17) is 18.9 Å². The number of carboxylic acids is 1. The van der Waals surface area contributed by atoms with Gasteiger partial charge in [-0.25, -0.2) is 4.79 Å². The fourth-order valence-electron chi connectivity index (χ4n) is 7.02. The van der Waals surface area contributed by atoms with Crippen LogP contribution in [0.2, 0.25) is 0 Å². The van der Waals surface area contributed by atoms with Gasteiger partial charge in [0, 0.05) is 12.8 Å². The summed E-state index contributed by atoms with van der Waals surface area (Å²) >= 11 is 0. The molecule has 0 heterocycles. The van der Waals surface area contributed by atoms with Crippen LogP contribution in [0.1, 0.15) is 200 Å². The fraction of sp³-hybridized carbons (Fsp3) is 0.656. The molecule has 0 aromatic rings. The number of esters is 2. The van der Waals surface area contributed by atoms with Crippen molar-refractivity contribution in [1.29, 1.82) is 0 Å². The molecule has 70 heavy (non-hydrogen) atoms. The molecule has 0 rings (SSSR count). The summed E-state index contributed by atoms with van der Waals surface area (Å²) in [4.78, 5) is 37.3. The molecule has 2 unspecified atom stereocenters. The van der Waals surface area contributed by atoms with Crippen molar-refractivity contribution in [2.24, 2.45) is 0 Å². The minimum Gasteiger partial charge on any atom is -0.477 e. The molecule has 0 radical (unpaired) electrons. The number of likely N-dealkylation sites (N-methyl/N-ethyl adjacent to an activating group) is 1. The van der Waals surface area contributed by atoms with E-state index in [2.05, 4.69) is 123 Å². The number of carbonyl (C=O) groups is 3. The number of unbranched alkanes of at least 4 members (excludes halogenated alkanes) is 16. The van der Waals surface area contributed by atoms with Crippen molar-refractivity contribution in [2.45, 2.75) is 212 Å². The van der Waals surface area contributed by atoms with Crippen LogP contribution in [0.15, 0.2) is 109 Å². The van der Waals surface area contributed by atoms with Crippen LogP contribution in [-0.2, 0) is 33.3 Å². The lowest BCUT2D eigenvalue weighted by Crippen LogP contribution is -2.40. The summed E-state index contributed by atoms with van der Waals surface area (Å²) in [6.07, 6.45) is 67.2. The van der Waals surface area contributed by atoms with Crippen molar-refractivity contribution in [3.8, 4) is 0 Å². The van der Waals surface area contributed by atoms with Crippen LogP contribution in [0.3, 0.4) is 0 Å². The molecule has 0 fully saturated rings. The van der Waals surface area contributed by atoms with Crippen LogP contribution in [0.25, 0.3) is 0 Å². The molecule has 2 atom stereocenters. The Balaban J connectivity index is 4.34. The third-order valence-electron chi connectivity index (χ3n) is 11.3. The zero-order valence-electron chi connectivity index (χ0n) is 45.1. The second kappa shape index (κ2) is 51.3. The molecule has 0 amide bonds. The molecular weight excluding hydrogens is 875 g/mol. The highest BCUT2D eigenvalue weighted by Gasteiger charge is 2.25. The molecule has 0 bridgehead atoms. The first-order chi connectivity index (χ1) is 34.1. The van der Waals surface area contributed by atoms with Gasteiger partial charge >= 0.3 is 17.9 Å². The Hall–Kier alpha value is -4.05. The SMILES string of the molecule is CC/C=C\C/C=C\C/C=C\C/C=C\C/C=C\C/C=C\C/C=C\CCCCCCCCCC(=O)OC(COC(=O)CCCCCCC/C=C\C/C=C\CCCCCC)COC(OCC[N+](C)(C)C)C(=O)O. The summed E-state index contributed by atoms with van der Waals surface area (Å²) in [7, 11) is 5.95. The average Bonchev–Trinajstić information content (AvgIpc) is 3.33. The molecule has 0 saturated carbocycles. The Morgan fingerprint density at radius 1 is 0.443 bits per heavy atom. The highest BCUT2D eigenvalue weighted by molar-refractivity contribution is 5.71. The van der Waals surface area contributed by atoms with Gasteiger partial charge in [-0.3, -0.25) is 9.59 Å². The van der Waals surface area contributed by atoms with Crippen LogP contribution >= 0.6 is 0 Å². The van der Waals surface area contributed by atoms with E-state index in [0.29, 0.717) is 17.4 Å². The maximum absolute atomic E-state index is 12.9. The van der Waals surface area contributed by atoms with Crippen molar-refractivity contribution >= 4 is 17.9 Å². The first kappa shape index (κ1) is 66.0. The first-order valence-electron chi connectivity index (χ1n) is 27.6. The zero-order valence-corrected chi connectivity index (χ0v) is 45.1. The number of hydrogen-bond donors (Lipinski definition) is 1. The normalized spacial score (nSPS) is 13.7. The molecule has 0 spiro atoms. The zero-order chi connectivity index (χ0) is 51.3. The van der Waals surface area contributed by atoms with E-state index in [1.54, 1.807) is 0 Å². The third kappa shape index (κ3) is 51.8. The number of hydrogen-bond acceptors (Lipinski definition) is 7. The lowest BCUT2D eigenvalue weighted by molar-refractivity contribution is -0.870. The summed E-state index contributed by atoms with van der Waals surface area (Å²) in [5.74, 6) is -2.05. The molecule has 0 aromatic heterocycles. The summed E-state index contributed by atoms with van der Waals surface area (Å²) in [5, 5.41) is 9.69. The molecule has 398 valence electrons.